The van der Waals surface area contributed by atoms with Gasteiger partial charge in [0.25, 0.3) is 0 Å². The Kier molecular flexibility index (Phi) is 5.59. The van der Waals surface area contributed by atoms with Crippen LogP contribution in [0.5, 0.6) is 0 Å². The summed E-state index contributed by atoms with van der Waals surface area (Å²) in [7, 11) is 0. The van der Waals surface area contributed by atoms with Crippen molar-refractivity contribution in [2.24, 2.45) is 0 Å². The van der Waals surface area contributed by atoms with Crippen LogP contribution < -0.4 is 4.90 Å². The van der Waals surface area contributed by atoms with Gasteiger partial charge in [0.1, 0.15) is 0 Å². The molecule has 0 bridgehead atoms. The molecule has 0 saturated carbocycles. The Morgan fingerprint density at radius 2 is 1.19 bits per heavy atom. The lowest BCUT2D eigenvalue weighted by molar-refractivity contribution is 0.771. The molecule has 3 heterocycles. The van der Waals surface area contributed by atoms with E-state index in [2.05, 4.69) is 53.2 Å². The summed E-state index contributed by atoms with van der Waals surface area (Å²) in [6.07, 6.45) is 0. The molecule has 31 heavy (non-hydrogen) atoms. The fourth-order valence-corrected chi connectivity index (χ4v) is 3.90. The Labute approximate surface area is 183 Å². The maximum absolute atomic E-state index is 4.86. The number of aromatic nitrogens is 6. The van der Waals surface area contributed by atoms with Crippen LogP contribution in [0.2, 0.25) is 0 Å². The number of rotatable bonds is 6. The second-order valence-electron chi connectivity index (χ2n) is 7.80. The third kappa shape index (κ3) is 4.08. The van der Waals surface area contributed by atoms with E-state index in [1.807, 2.05) is 55.3 Å². The number of anilines is 1. The van der Waals surface area contributed by atoms with E-state index >= 15 is 0 Å². The monoisotopic (exact) mass is 415 g/mol. The highest BCUT2D eigenvalue weighted by Crippen LogP contribution is 2.24. The number of aryl methyl sites for hydroxylation is 4. The van der Waals surface area contributed by atoms with Crippen molar-refractivity contribution >= 4 is 5.69 Å². The first-order valence-corrected chi connectivity index (χ1v) is 10.7. The van der Waals surface area contributed by atoms with Gasteiger partial charge in [-0.2, -0.15) is 10.2 Å². The van der Waals surface area contributed by atoms with Gasteiger partial charge in [0.15, 0.2) is 17.5 Å². The van der Waals surface area contributed by atoms with Crippen LogP contribution in [-0.4, -0.2) is 42.6 Å². The summed E-state index contributed by atoms with van der Waals surface area (Å²) in [5, 5.41) is 9.25. The van der Waals surface area contributed by atoms with Crippen LogP contribution in [0.1, 0.15) is 36.6 Å². The van der Waals surface area contributed by atoms with E-state index in [1.165, 1.54) is 5.69 Å². The second kappa shape index (κ2) is 8.34. The standard InChI is InChI=1S/C24H29N7/c1-7-29(8-2)21-11-9-20(10-12-21)24-25-22(30-18(5)13-16(3)27-30)15-23(26-24)31-19(6)14-17(4)28-31/h9-15H,7-8H2,1-6H3. The predicted molar refractivity (Wildman–Crippen MR) is 124 cm³/mol. The van der Waals surface area contributed by atoms with E-state index in [4.69, 9.17) is 9.97 Å². The van der Waals surface area contributed by atoms with Crippen LogP contribution >= 0.6 is 0 Å². The third-order valence-corrected chi connectivity index (χ3v) is 5.41. The van der Waals surface area contributed by atoms with Crippen LogP contribution in [0.3, 0.4) is 0 Å². The molecule has 0 amide bonds. The molecule has 7 nitrogen and oxygen atoms in total. The van der Waals surface area contributed by atoms with Gasteiger partial charge in [-0.05, 0) is 77.9 Å². The molecule has 0 saturated heterocycles. The van der Waals surface area contributed by atoms with Gasteiger partial charge in [-0.1, -0.05) is 0 Å². The molecular formula is C24H29N7. The number of hydrogen-bond donors (Lipinski definition) is 0. The normalized spacial score (nSPS) is 11.2. The fourth-order valence-electron chi connectivity index (χ4n) is 3.90. The van der Waals surface area contributed by atoms with Gasteiger partial charge in [0, 0.05) is 41.8 Å². The highest BCUT2D eigenvalue weighted by Gasteiger charge is 2.15. The zero-order valence-corrected chi connectivity index (χ0v) is 19.1. The first-order chi connectivity index (χ1) is 14.9. The molecule has 4 aromatic rings. The molecule has 0 aliphatic carbocycles. The molecule has 3 aromatic heterocycles. The van der Waals surface area contributed by atoms with Crippen molar-refractivity contribution < 1.29 is 0 Å². The summed E-state index contributed by atoms with van der Waals surface area (Å²) < 4.78 is 3.72. The molecule has 0 spiro atoms. The molecule has 0 aliphatic rings. The fraction of sp³-hybridized carbons (Fsp3) is 0.333. The maximum Gasteiger partial charge on any atom is 0.164 e. The average molecular weight is 416 g/mol. The van der Waals surface area contributed by atoms with Crippen molar-refractivity contribution in [3.05, 3.63) is 65.2 Å². The van der Waals surface area contributed by atoms with E-state index in [1.54, 1.807) is 0 Å². The Bertz CT molecular complexity index is 1130. The lowest BCUT2D eigenvalue weighted by Crippen LogP contribution is -2.21. The molecule has 0 fully saturated rings. The zero-order chi connectivity index (χ0) is 22.1. The van der Waals surface area contributed by atoms with Crippen molar-refractivity contribution in [3.8, 4) is 23.0 Å². The van der Waals surface area contributed by atoms with Gasteiger partial charge in [-0.3, -0.25) is 0 Å². The first kappa shape index (κ1) is 20.8. The summed E-state index contributed by atoms with van der Waals surface area (Å²) in [6, 6.07) is 14.5. The predicted octanol–water partition coefficient (Wildman–Crippen LogP) is 4.59. The molecule has 0 radical (unpaired) electrons. The largest absolute Gasteiger partial charge is 0.372 e. The Hall–Kier alpha value is -3.48. The summed E-state index contributed by atoms with van der Waals surface area (Å²) in [4.78, 5) is 12.0. The van der Waals surface area contributed by atoms with Crippen molar-refractivity contribution in [2.75, 3.05) is 18.0 Å². The van der Waals surface area contributed by atoms with Crippen molar-refractivity contribution in [2.45, 2.75) is 41.5 Å². The van der Waals surface area contributed by atoms with Gasteiger partial charge < -0.3 is 4.90 Å². The molecule has 0 N–H and O–H groups in total. The summed E-state index contributed by atoms with van der Waals surface area (Å²) in [5.41, 5.74) is 6.11. The van der Waals surface area contributed by atoms with Crippen LogP contribution in [0.4, 0.5) is 5.69 Å². The minimum absolute atomic E-state index is 0.652. The van der Waals surface area contributed by atoms with Crippen LogP contribution in [0, 0.1) is 27.7 Å². The third-order valence-electron chi connectivity index (χ3n) is 5.41. The van der Waals surface area contributed by atoms with E-state index in [-0.39, 0.29) is 0 Å². The molecule has 0 atom stereocenters. The highest BCUT2D eigenvalue weighted by molar-refractivity contribution is 5.62. The van der Waals surface area contributed by atoms with Gasteiger partial charge >= 0.3 is 0 Å². The number of nitrogens with zero attached hydrogens (tertiary/aromatic N) is 7. The lowest BCUT2D eigenvalue weighted by Gasteiger charge is -2.21. The average Bonchev–Trinajstić information content (AvgIpc) is 3.28. The SMILES string of the molecule is CCN(CC)c1ccc(-c2nc(-n3nc(C)cc3C)cc(-n3nc(C)cc3C)n2)cc1. The summed E-state index contributed by atoms with van der Waals surface area (Å²) >= 11 is 0. The van der Waals surface area contributed by atoms with E-state index in [9.17, 15) is 0 Å². The van der Waals surface area contributed by atoms with E-state index < -0.39 is 0 Å². The van der Waals surface area contributed by atoms with Crippen molar-refractivity contribution in [3.63, 3.8) is 0 Å². The van der Waals surface area contributed by atoms with E-state index in [0.717, 1.165) is 53.1 Å². The molecule has 4 rings (SSSR count). The van der Waals surface area contributed by atoms with Gasteiger partial charge in [0.05, 0.1) is 11.4 Å². The smallest absolute Gasteiger partial charge is 0.164 e. The highest BCUT2D eigenvalue weighted by atomic mass is 15.3. The first-order valence-electron chi connectivity index (χ1n) is 10.7. The van der Waals surface area contributed by atoms with Gasteiger partial charge in [0.2, 0.25) is 0 Å². The summed E-state index contributed by atoms with van der Waals surface area (Å²) in [5.74, 6) is 2.11. The molecule has 7 heteroatoms. The van der Waals surface area contributed by atoms with Crippen molar-refractivity contribution in [1.82, 2.24) is 29.5 Å². The Balaban J connectivity index is 1.85. The molecule has 1 aromatic carbocycles. The lowest BCUT2D eigenvalue weighted by atomic mass is 10.1. The van der Waals surface area contributed by atoms with Crippen LogP contribution in [0.25, 0.3) is 23.0 Å². The Morgan fingerprint density at radius 3 is 1.58 bits per heavy atom. The maximum atomic E-state index is 4.86. The van der Waals surface area contributed by atoms with Crippen molar-refractivity contribution in [1.29, 1.82) is 0 Å². The second-order valence-corrected chi connectivity index (χ2v) is 7.80. The van der Waals surface area contributed by atoms with Gasteiger partial charge in [-0.15, -0.1) is 0 Å². The minimum atomic E-state index is 0.652. The topological polar surface area (TPSA) is 64.7 Å². The zero-order valence-electron chi connectivity index (χ0n) is 19.1. The number of hydrogen-bond acceptors (Lipinski definition) is 5. The minimum Gasteiger partial charge on any atom is -0.372 e. The molecule has 0 unspecified atom stereocenters. The van der Waals surface area contributed by atoms with Crippen LogP contribution in [0.15, 0.2) is 42.5 Å². The molecular weight excluding hydrogens is 386 g/mol. The summed E-state index contributed by atoms with van der Waals surface area (Å²) in [6.45, 7) is 14.3. The van der Waals surface area contributed by atoms with E-state index in [0.29, 0.717) is 5.82 Å². The quantitative estimate of drug-likeness (QED) is 0.461. The van der Waals surface area contributed by atoms with Gasteiger partial charge in [-0.25, -0.2) is 19.3 Å². The number of benzene rings is 1. The molecule has 0 aliphatic heterocycles. The molecule has 160 valence electrons. The Morgan fingerprint density at radius 1 is 0.710 bits per heavy atom. The van der Waals surface area contributed by atoms with Crippen LogP contribution in [-0.2, 0) is 0 Å².